The number of aromatic nitrogens is 2. The van der Waals surface area contributed by atoms with Gasteiger partial charge in [0.25, 0.3) is 5.91 Å². The van der Waals surface area contributed by atoms with E-state index in [9.17, 15) is 13.2 Å². The van der Waals surface area contributed by atoms with Gasteiger partial charge in [-0.3, -0.25) is 4.79 Å². The Morgan fingerprint density at radius 3 is 2.41 bits per heavy atom. The summed E-state index contributed by atoms with van der Waals surface area (Å²) in [5.74, 6) is 1.43. The maximum absolute atomic E-state index is 12.2. The van der Waals surface area contributed by atoms with E-state index in [1.54, 1.807) is 12.1 Å². The van der Waals surface area contributed by atoms with Gasteiger partial charge in [0.05, 0.1) is 11.5 Å². The number of nitrogens with zero attached hydrogens (tertiary/aromatic N) is 2. The molecule has 0 bridgehead atoms. The number of hydrogen-bond acceptors (Lipinski definition) is 8. The summed E-state index contributed by atoms with van der Waals surface area (Å²) in [6.07, 6.45) is 0.529. The van der Waals surface area contributed by atoms with Crippen LogP contribution in [0.1, 0.15) is 37.0 Å². The van der Waals surface area contributed by atoms with Crippen molar-refractivity contribution in [3.8, 4) is 5.75 Å². The van der Waals surface area contributed by atoms with Crippen molar-refractivity contribution in [2.24, 2.45) is 0 Å². The summed E-state index contributed by atoms with van der Waals surface area (Å²) in [4.78, 5) is 16.7. The predicted molar refractivity (Wildman–Crippen MR) is 125 cm³/mol. The van der Waals surface area contributed by atoms with Gasteiger partial charge in [-0.1, -0.05) is 31.1 Å². The van der Waals surface area contributed by atoms with Crippen molar-refractivity contribution < 1.29 is 27.2 Å². The molecule has 2 N–H and O–H groups in total. The lowest BCUT2D eigenvalue weighted by Crippen LogP contribution is -2.27. The Hall–Kier alpha value is -3.28. The van der Waals surface area contributed by atoms with Gasteiger partial charge >= 0.3 is 0 Å². The molecule has 0 aliphatic rings. The van der Waals surface area contributed by atoms with Crippen molar-refractivity contribution in [2.75, 3.05) is 32.2 Å². The van der Waals surface area contributed by atoms with E-state index >= 15 is 0 Å². The molecule has 1 amide bonds. The number of methoxy groups -OCH3 is 1. The highest BCUT2D eigenvalue weighted by Gasteiger charge is 2.14. The van der Waals surface area contributed by atoms with Crippen LogP contribution < -0.4 is 14.8 Å². The van der Waals surface area contributed by atoms with Gasteiger partial charge in [-0.15, -0.1) is 0 Å². The predicted octanol–water partition coefficient (Wildman–Crippen LogP) is 2.73. The number of anilines is 1. The smallest absolute Gasteiger partial charge is 0.262 e. The molecule has 0 spiro atoms. The number of benzene rings is 2. The van der Waals surface area contributed by atoms with Crippen LogP contribution in [0.2, 0.25) is 0 Å². The monoisotopic (exact) mass is 488 g/mol. The van der Waals surface area contributed by atoms with Crippen LogP contribution in [0.25, 0.3) is 0 Å². The highest BCUT2D eigenvalue weighted by atomic mass is 32.2. The number of carbonyl (C=O) groups excluding carboxylic acids is 1. The average molecular weight is 489 g/mol. The largest absolute Gasteiger partial charge is 0.484 e. The Labute approximate surface area is 198 Å². The van der Waals surface area contributed by atoms with E-state index in [1.807, 2.05) is 26.0 Å². The summed E-state index contributed by atoms with van der Waals surface area (Å²) in [6, 6.07) is 13.1. The molecule has 0 aliphatic carbocycles. The molecular formula is C23H28N4O6S. The fourth-order valence-electron chi connectivity index (χ4n) is 2.88. The molecule has 0 atom stereocenters. The van der Waals surface area contributed by atoms with Crippen LogP contribution >= 0.6 is 0 Å². The minimum absolute atomic E-state index is 0.0988. The minimum atomic E-state index is -3.63. The number of hydrogen-bond donors (Lipinski definition) is 2. The molecule has 182 valence electrons. The van der Waals surface area contributed by atoms with E-state index in [0.717, 1.165) is 5.56 Å². The molecule has 0 aliphatic heterocycles. The molecule has 0 saturated carbocycles. The van der Waals surface area contributed by atoms with Crippen LogP contribution in [0.4, 0.5) is 5.69 Å². The zero-order valence-electron chi connectivity index (χ0n) is 19.3. The number of sulfonamides is 1. The Morgan fingerprint density at radius 1 is 1.09 bits per heavy atom. The Morgan fingerprint density at radius 2 is 1.79 bits per heavy atom. The van der Waals surface area contributed by atoms with Crippen molar-refractivity contribution in [3.63, 3.8) is 0 Å². The molecule has 1 aromatic heterocycles. The molecule has 1 heterocycles. The first kappa shape index (κ1) is 25.3. The van der Waals surface area contributed by atoms with E-state index in [1.165, 1.54) is 31.4 Å². The molecule has 0 saturated heterocycles. The van der Waals surface area contributed by atoms with Crippen LogP contribution in [0.3, 0.4) is 0 Å². The molecule has 0 radical (unpaired) electrons. The third-order valence-corrected chi connectivity index (χ3v) is 6.16. The maximum atomic E-state index is 12.2. The highest BCUT2D eigenvalue weighted by Crippen LogP contribution is 2.17. The van der Waals surface area contributed by atoms with Crippen LogP contribution in [0, 0.1) is 0 Å². The van der Waals surface area contributed by atoms with Crippen molar-refractivity contribution in [1.82, 2.24) is 14.9 Å². The molecule has 3 rings (SSSR count). The van der Waals surface area contributed by atoms with Crippen molar-refractivity contribution in [2.45, 2.75) is 31.1 Å². The molecule has 0 unspecified atom stereocenters. The highest BCUT2D eigenvalue weighted by molar-refractivity contribution is 7.89. The van der Waals surface area contributed by atoms with Crippen LogP contribution in [-0.2, 0) is 26.0 Å². The van der Waals surface area contributed by atoms with Crippen LogP contribution in [0.15, 0.2) is 57.9 Å². The van der Waals surface area contributed by atoms with Crippen LogP contribution in [-0.4, -0.2) is 51.3 Å². The lowest BCUT2D eigenvalue weighted by atomic mass is 10.1. The summed E-state index contributed by atoms with van der Waals surface area (Å²) in [7, 11) is -2.13. The summed E-state index contributed by atoms with van der Waals surface area (Å²) >= 11 is 0. The Bertz CT molecular complexity index is 1170. The molecule has 3 aromatic rings. The third-order valence-electron chi connectivity index (χ3n) is 4.68. The van der Waals surface area contributed by atoms with Gasteiger partial charge in [0.2, 0.25) is 15.9 Å². The second-order valence-electron chi connectivity index (χ2n) is 7.78. The second-order valence-corrected chi connectivity index (χ2v) is 9.54. The number of nitrogens with one attached hydrogen (secondary N) is 2. The standard InChI is InChI=1S/C23H28N4O6S/c1-16(2)23-26-21(27-33-23)14-17-4-6-18(7-5-17)25-22(28)15-32-19-8-10-20(11-9-19)34(29,30)24-12-13-31-3/h4-11,16,24H,12-15H2,1-3H3,(H,25,28). The fourth-order valence-corrected chi connectivity index (χ4v) is 3.90. The summed E-state index contributed by atoms with van der Waals surface area (Å²) in [5.41, 5.74) is 1.61. The number of amides is 1. The Kier molecular flexibility index (Phi) is 8.74. The van der Waals surface area contributed by atoms with Gasteiger partial charge in [-0.25, -0.2) is 13.1 Å². The summed E-state index contributed by atoms with van der Waals surface area (Å²) in [6.45, 7) is 4.20. The molecule has 34 heavy (non-hydrogen) atoms. The first-order valence-corrected chi connectivity index (χ1v) is 12.2. The van der Waals surface area contributed by atoms with E-state index in [0.29, 0.717) is 29.6 Å². The van der Waals surface area contributed by atoms with Gasteiger partial charge in [0, 0.05) is 31.7 Å². The van der Waals surface area contributed by atoms with E-state index in [-0.39, 0.29) is 36.5 Å². The topological polar surface area (TPSA) is 133 Å². The van der Waals surface area contributed by atoms with E-state index < -0.39 is 10.0 Å². The fraction of sp³-hybridized carbons (Fsp3) is 0.348. The maximum Gasteiger partial charge on any atom is 0.262 e. The van der Waals surface area contributed by atoms with Gasteiger partial charge < -0.3 is 19.3 Å². The van der Waals surface area contributed by atoms with Gasteiger partial charge in [-0.2, -0.15) is 4.98 Å². The van der Waals surface area contributed by atoms with E-state index in [4.69, 9.17) is 14.0 Å². The van der Waals surface area contributed by atoms with Crippen molar-refractivity contribution in [3.05, 3.63) is 65.8 Å². The summed E-state index contributed by atoms with van der Waals surface area (Å²) < 4.78 is 42.2. The van der Waals surface area contributed by atoms with Gasteiger partial charge in [0.15, 0.2) is 12.4 Å². The quantitative estimate of drug-likeness (QED) is 0.372. The molecule has 11 heteroatoms. The molecule has 0 fully saturated rings. The lowest BCUT2D eigenvalue weighted by molar-refractivity contribution is -0.118. The zero-order valence-corrected chi connectivity index (χ0v) is 20.1. The van der Waals surface area contributed by atoms with Crippen molar-refractivity contribution in [1.29, 1.82) is 0 Å². The second kappa shape index (κ2) is 11.7. The minimum Gasteiger partial charge on any atom is -0.484 e. The van der Waals surface area contributed by atoms with E-state index in [2.05, 4.69) is 20.2 Å². The first-order chi connectivity index (χ1) is 16.3. The summed E-state index contributed by atoms with van der Waals surface area (Å²) in [5, 5.41) is 6.73. The van der Waals surface area contributed by atoms with Gasteiger partial charge in [0.1, 0.15) is 5.75 Å². The lowest BCUT2D eigenvalue weighted by Gasteiger charge is -2.09. The Balaban J connectivity index is 1.47. The number of rotatable bonds is 12. The van der Waals surface area contributed by atoms with Gasteiger partial charge in [-0.05, 0) is 42.0 Å². The van der Waals surface area contributed by atoms with Crippen LogP contribution in [0.5, 0.6) is 5.75 Å². The average Bonchev–Trinajstić information content (AvgIpc) is 3.28. The molecular weight excluding hydrogens is 460 g/mol. The first-order valence-electron chi connectivity index (χ1n) is 10.7. The normalized spacial score (nSPS) is 11.5. The zero-order chi connectivity index (χ0) is 24.6. The third kappa shape index (κ3) is 7.37. The number of ether oxygens (including phenoxy) is 2. The number of carbonyl (C=O) groups is 1. The molecule has 2 aromatic carbocycles. The van der Waals surface area contributed by atoms with Crippen molar-refractivity contribution >= 4 is 21.6 Å². The SMILES string of the molecule is COCCNS(=O)(=O)c1ccc(OCC(=O)Nc2ccc(Cc3noc(C(C)C)n3)cc2)cc1. The molecule has 10 nitrogen and oxygen atoms in total.